The Balaban J connectivity index is 2.35. The number of aromatic carboxylic acids is 1. The van der Waals surface area contributed by atoms with Crippen LogP contribution in [0.25, 0.3) is 16.7 Å². The third-order valence-corrected chi connectivity index (χ3v) is 3.29. The van der Waals surface area contributed by atoms with Crippen molar-refractivity contribution in [3.05, 3.63) is 63.5 Å². The highest BCUT2D eigenvalue weighted by molar-refractivity contribution is 6.30. The number of hydrogen-bond acceptors (Lipinski definition) is 2. The van der Waals surface area contributed by atoms with Crippen molar-refractivity contribution in [1.82, 2.24) is 9.55 Å². The lowest BCUT2D eigenvalue weighted by atomic mass is 10.2. The highest BCUT2D eigenvalue weighted by Crippen LogP contribution is 2.20. The number of fused-ring (bicyclic) bond motifs is 1. The van der Waals surface area contributed by atoms with Crippen LogP contribution in [0, 0.1) is 0 Å². The third-order valence-electron chi connectivity index (χ3n) is 3.03. The first-order chi connectivity index (χ1) is 9.58. The van der Waals surface area contributed by atoms with E-state index in [0.29, 0.717) is 21.7 Å². The number of aromatic amines is 1. The summed E-state index contributed by atoms with van der Waals surface area (Å²) in [5.74, 6) is -1.08. The first kappa shape index (κ1) is 12.5. The molecule has 0 aliphatic rings. The van der Waals surface area contributed by atoms with E-state index in [1.807, 2.05) is 0 Å². The molecule has 0 aliphatic heterocycles. The van der Waals surface area contributed by atoms with Gasteiger partial charge in [0.05, 0.1) is 22.3 Å². The lowest BCUT2D eigenvalue weighted by Crippen LogP contribution is -2.14. The number of benzene rings is 2. The van der Waals surface area contributed by atoms with Crippen molar-refractivity contribution in [2.45, 2.75) is 0 Å². The molecule has 5 nitrogen and oxygen atoms in total. The minimum absolute atomic E-state index is 0.0623. The minimum atomic E-state index is -1.08. The van der Waals surface area contributed by atoms with Gasteiger partial charge in [0.15, 0.2) is 0 Å². The molecule has 100 valence electrons. The van der Waals surface area contributed by atoms with Gasteiger partial charge in [-0.15, -0.1) is 0 Å². The lowest BCUT2D eigenvalue weighted by Gasteiger charge is -2.03. The average Bonchev–Trinajstić information content (AvgIpc) is 2.75. The van der Waals surface area contributed by atoms with Gasteiger partial charge >= 0.3 is 11.7 Å². The molecule has 2 N–H and O–H groups in total. The molecule has 6 heteroatoms. The van der Waals surface area contributed by atoms with E-state index >= 15 is 0 Å². The molecule has 0 saturated carbocycles. The number of para-hydroxylation sites is 1. The molecular formula is C14H9ClN2O3. The summed E-state index contributed by atoms with van der Waals surface area (Å²) in [5, 5.41) is 9.70. The highest BCUT2D eigenvalue weighted by Gasteiger charge is 2.15. The molecule has 0 amide bonds. The number of nitrogens with zero attached hydrogens (tertiary/aromatic N) is 1. The Labute approximate surface area is 118 Å². The summed E-state index contributed by atoms with van der Waals surface area (Å²) >= 11 is 5.82. The summed E-state index contributed by atoms with van der Waals surface area (Å²) in [6.07, 6.45) is 0. The normalized spacial score (nSPS) is 10.8. The number of rotatable bonds is 2. The number of imidazole rings is 1. The summed E-state index contributed by atoms with van der Waals surface area (Å²) in [4.78, 5) is 25.8. The SMILES string of the molecule is O=C(O)c1cccc2c1[nH]c(=O)n2-c1ccc(Cl)cc1. The Bertz CT molecular complexity index is 862. The fraction of sp³-hybridized carbons (Fsp3) is 0. The zero-order valence-electron chi connectivity index (χ0n) is 10.1. The maximum atomic E-state index is 12.1. The Morgan fingerprint density at radius 2 is 1.85 bits per heavy atom. The number of carboxylic acid groups (broad SMARTS) is 1. The monoisotopic (exact) mass is 288 g/mol. The summed E-state index contributed by atoms with van der Waals surface area (Å²) in [7, 11) is 0. The summed E-state index contributed by atoms with van der Waals surface area (Å²) in [6.45, 7) is 0. The predicted octanol–water partition coefficient (Wildman–Crippen LogP) is 2.67. The topological polar surface area (TPSA) is 75.1 Å². The van der Waals surface area contributed by atoms with Gasteiger partial charge in [0.1, 0.15) is 0 Å². The first-order valence-corrected chi connectivity index (χ1v) is 6.19. The fourth-order valence-corrected chi connectivity index (χ4v) is 2.28. The second-order valence-corrected chi connectivity index (χ2v) is 4.68. The van der Waals surface area contributed by atoms with Gasteiger partial charge in [0, 0.05) is 5.02 Å². The van der Waals surface area contributed by atoms with Crippen LogP contribution in [-0.4, -0.2) is 20.6 Å². The van der Waals surface area contributed by atoms with Crippen LogP contribution >= 0.6 is 11.6 Å². The Morgan fingerprint density at radius 1 is 1.15 bits per heavy atom. The second-order valence-electron chi connectivity index (χ2n) is 4.25. The molecule has 3 aromatic rings. The van der Waals surface area contributed by atoms with Crippen molar-refractivity contribution in [1.29, 1.82) is 0 Å². The molecule has 0 spiro atoms. The van der Waals surface area contributed by atoms with Crippen molar-refractivity contribution >= 4 is 28.6 Å². The smallest absolute Gasteiger partial charge is 0.337 e. The summed E-state index contributed by atoms with van der Waals surface area (Å²) in [5.41, 5.74) is 1.11. The number of carboxylic acids is 1. The van der Waals surface area contributed by atoms with E-state index in [1.165, 1.54) is 10.6 Å². The van der Waals surface area contributed by atoms with E-state index in [0.717, 1.165) is 0 Å². The molecule has 1 heterocycles. The molecule has 3 rings (SSSR count). The van der Waals surface area contributed by atoms with Crippen LogP contribution in [0.4, 0.5) is 0 Å². The zero-order chi connectivity index (χ0) is 14.3. The summed E-state index contributed by atoms with van der Waals surface area (Å²) in [6, 6.07) is 11.5. The Hall–Kier alpha value is -2.53. The molecule has 0 saturated heterocycles. The van der Waals surface area contributed by atoms with Crippen molar-refractivity contribution in [3.8, 4) is 5.69 Å². The molecule has 0 unspecified atom stereocenters. The van der Waals surface area contributed by atoms with Gasteiger partial charge < -0.3 is 10.1 Å². The molecule has 20 heavy (non-hydrogen) atoms. The van der Waals surface area contributed by atoms with Crippen LogP contribution in [0.5, 0.6) is 0 Å². The van der Waals surface area contributed by atoms with Gasteiger partial charge in [-0.25, -0.2) is 9.59 Å². The lowest BCUT2D eigenvalue weighted by molar-refractivity contribution is 0.0699. The van der Waals surface area contributed by atoms with E-state index in [2.05, 4.69) is 4.98 Å². The molecule has 0 atom stereocenters. The van der Waals surface area contributed by atoms with E-state index in [1.54, 1.807) is 36.4 Å². The first-order valence-electron chi connectivity index (χ1n) is 5.81. The van der Waals surface area contributed by atoms with Crippen LogP contribution < -0.4 is 5.69 Å². The van der Waals surface area contributed by atoms with Crippen molar-refractivity contribution < 1.29 is 9.90 Å². The number of nitrogens with one attached hydrogen (secondary N) is 1. The highest BCUT2D eigenvalue weighted by atomic mass is 35.5. The number of H-pyrrole nitrogens is 1. The van der Waals surface area contributed by atoms with E-state index < -0.39 is 11.7 Å². The van der Waals surface area contributed by atoms with Crippen LogP contribution in [-0.2, 0) is 0 Å². The number of aromatic nitrogens is 2. The van der Waals surface area contributed by atoms with Gasteiger partial charge in [0.2, 0.25) is 0 Å². The van der Waals surface area contributed by atoms with Crippen LogP contribution in [0.3, 0.4) is 0 Å². The minimum Gasteiger partial charge on any atom is -0.478 e. The second kappa shape index (κ2) is 4.54. The van der Waals surface area contributed by atoms with Crippen LogP contribution in [0.2, 0.25) is 5.02 Å². The molecule has 0 fully saturated rings. The predicted molar refractivity (Wildman–Crippen MR) is 75.9 cm³/mol. The van der Waals surface area contributed by atoms with Gasteiger partial charge in [-0.1, -0.05) is 17.7 Å². The number of carbonyl (C=O) groups is 1. The molecule has 0 radical (unpaired) electrons. The quantitative estimate of drug-likeness (QED) is 0.761. The average molecular weight is 289 g/mol. The maximum absolute atomic E-state index is 12.1. The molecule has 0 bridgehead atoms. The van der Waals surface area contributed by atoms with Gasteiger partial charge in [-0.3, -0.25) is 4.57 Å². The fourth-order valence-electron chi connectivity index (χ4n) is 2.15. The Morgan fingerprint density at radius 3 is 2.50 bits per heavy atom. The van der Waals surface area contributed by atoms with Crippen LogP contribution in [0.15, 0.2) is 47.3 Å². The summed E-state index contributed by atoms with van der Waals surface area (Å²) < 4.78 is 1.41. The zero-order valence-corrected chi connectivity index (χ0v) is 10.9. The molecule has 0 aliphatic carbocycles. The van der Waals surface area contributed by atoms with Crippen molar-refractivity contribution in [3.63, 3.8) is 0 Å². The third kappa shape index (κ3) is 1.88. The van der Waals surface area contributed by atoms with E-state index in [9.17, 15) is 9.59 Å². The number of hydrogen-bond donors (Lipinski definition) is 2. The van der Waals surface area contributed by atoms with Crippen LogP contribution in [0.1, 0.15) is 10.4 Å². The molecule has 2 aromatic carbocycles. The molecular weight excluding hydrogens is 280 g/mol. The van der Waals surface area contributed by atoms with Crippen molar-refractivity contribution in [2.75, 3.05) is 0 Å². The van der Waals surface area contributed by atoms with Crippen molar-refractivity contribution in [2.24, 2.45) is 0 Å². The van der Waals surface area contributed by atoms with Gasteiger partial charge in [-0.05, 0) is 36.4 Å². The van der Waals surface area contributed by atoms with E-state index in [-0.39, 0.29) is 5.56 Å². The largest absolute Gasteiger partial charge is 0.478 e. The maximum Gasteiger partial charge on any atom is 0.337 e. The number of halogens is 1. The standard InChI is InChI=1S/C14H9ClN2O3/c15-8-4-6-9(7-5-8)17-11-3-1-2-10(13(18)19)12(11)16-14(17)20/h1-7H,(H,16,20)(H,18,19). The van der Waals surface area contributed by atoms with Gasteiger partial charge in [-0.2, -0.15) is 0 Å². The molecule has 1 aromatic heterocycles. The van der Waals surface area contributed by atoms with E-state index in [4.69, 9.17) is 16.7 Å². The Kier molecular flexibility index (Phi) is 2.84. The van der Waals surface area contributed by atoms with Gasteiger partial charge in [0.25, 0.3) is 0 Å².